The van der Waals surface area contributed by atoms with E-state index in [1.165, 1.54) is 0 Å². The molecule has 3 rings (SSSR count). The number of hydrogen-bond acceptors (Lipinski definition) is 3. The standard InChI is InChI=1S/C20H14Cl4N2O/c21-15-4-3-14(19(23)9-15)12-27-17-6-1-13(2-7-17)11-25-26-16-5-8-18(22)20(24)10-16/h1-11,26H,12H2. The Hall–Kier alpha value is -1.91. The lowest BCUT2D eigenvalue weighted by molar-refractivity contribution is 0.306. The van der Waals surface area contributed by atoms with Crippen LogP contribution in [0.5, 0.6) is 5.75 Å². The maximum Gasteiger partial charge on any atom is 0.119 e. The number of anilines is 1. The molecule has 0 aliphatic heterocycles. The van der Waals surface area contributed by atoms with Crippen molar-refractivity contribution in [2.24, 2.45) is 5.10 Å². The van der Waals surface area contributed by atoms with E-state index in [1.807, 2.05) is 30.3 Å². The van der Waals surface area contributed by atoms with Crippen molar-refractivity contribution < 1.29 is 4.74 Å². The lowest BCUT2D eigenvalue weighted by Gasteiger charge is -2.08. The first-order valence-electron chi connectivity index (χ1n) is 7.92. The molecular formula is C20H14Cl4N2O. The summed E-state index contributed by atoms with van der Waals surface area (Å²) in [5.41, 5.74) is 5.44. The Labute approximate surface area is 177 Å². The molecule has 3 aromatic rings. The van der Waals surface area contributed by atoms with Gasteiger partial charge in [-0.05, 0) is 60.2 Å². The molecular weight excluding hydrogens is 426 g/mol. The molecule has 0 fully saturated rings. The number of hydrazone groups is 1. The first kappa shape index (κ1) is 19.8. The average molecular weight is 440 g/mol. The highest BCUT2D eigenvalue weighted by molar-refractivity contribution is 6.42. The van der Waals surface area contributed by atoms with Gasteiger partial charge in [0.1, 0.15) is 12.4 Å². The Morgan fingerprint density at radius 2 is 1.59 bits per heavy atom. The zero-order valence-electron chi connectivity index (χ0n) is 13.9. The van der Waals surface area contributed by atoms with Crippen molar-refractivity contribution in [1.82, 2.24) is 0 Å². The molecule has 0 bridgehead atoms. The maximum absolute atomic E-state index is 6.14. The predicted molar refractivity (Wildman–Crippen MR) is 115 cm³/mol. The Morgan fingerprint density at radius 3 is 2.30 bits per heavy atom. The second-order valence-electron chi connectivity index (χ2n) is 5.59. The van der Waals surface area contributed by atoms with E-state index in [4.69, 9.17) is 51.1 Å². The van der Waals surface area contributed by atoms with Crippen LogP contribution in [0.25, 0.3) is 0 Å². The number of ether oxygens (including phenoxy) is 1. The number of nitrogens with zero attached hydrogens (tertiary/aromatic N) is 1. The number of nitrogens with one attached hydrogen (secondary N) is 1. The molecule has 7 heteroatoms. The lowest BCUT2D eigenvalue weighted by Crippen LogP contribution is -1.96. The molecule has 1 N–H and O–H groups in total. The van der Waals surface area contributed by atoms with E-state index in [0.717, 1.165) is 22.6 Å². The van der Waals surface area contributed by atoms with Crippen LogP contribution in [0, 0.1) is 0 Å². The Balaban J connectivity index is 1.55. The van der Waals surface area contributed by atoms with E-state index in [9.17, 15) is 0 Å². The summed E-state index contributed by atoms with van der Waals surface area (Å²) in [6, 6.07) is 18.1. The fraction of sp³-hybridized carbons (Fsp3) is 0.0500. The summed E-state index contributed by atoms with van der Waals surface area (Å²) in [6.45, 7) is 0.363. The molecule has 138 valence electrons. The number of hydrogen-bond donors (Lipinski definition) is 1. The maximum atomic E-state index is 6.14. The third-order valence-electron chi connectivity index (χ3n) is 3.62. The van der Waals surface area contributed by atoms with Gasteiger partial charge in [-0.1, -0.05) is 52.5 Å². The smallest absolute Gasteiger partial charge is 0.119 e. The molecule has 3 nitrogen and oxygen atoms in total. The Kier molecular flexibility index (Phi) is 6.86. The molecule has 0 aliphatic carbocycles. The topological polar surface area (TPSA) is 33.6 Å². The molecule has 3 aromatic carbocycles. The van der Waals surface area contributed by atoms with Gasteiger partial charge in [-0.2, -0.15) is 5.10 Å². The monoisotopic (exact) mass is 438 g/mol. The van der Waals surface area contributed by atoms with Gasteiger partial charge in [-0.25, -0.2) is 0 Å². The molecule has 0 aliphatic rings. The highest BCUT2D eigenvalue weighted by Gasteiger charge is 2.03. The molecule has 0 heterocycles. The minimum atomic E-state index is 0.363. The van der Waals surface area contributed by atoms with Crippen LogP contribution < -0.4 is 10.2 Å². The van der Waals surface area contributed by atoms with Gasteiger partial charge >= 0.3 is 0 Å². The van der Waals surface area contributed by atoms with Crippen molar-refractivity contribution in [2.45, 2.75) is 6.61 Å². The first-order chi connectivity index (χ1) is 13.0. The van der Waals surface area contributed by atoms with Crippen molar-refractivity contribution in [1.29, 1.82) is 0 Å². The van der Waals surface area contributed by atoms with Crippen molar-refractivity contribution >= 4 is 58.3 Å². The zero-order chi connectivity index (χ0) is 19.2. The molecule has 0 saturated carbocycles. The highest BCUT2D eigenvalue weighted by Crippen LogP contribution is 2.25. The van der Waals surface area contributed by atoms with Gasteiger partial charge in [0.05, 0.1) is 21.9 Å². The summed E-state index contributed by atoms with van der Waals surface area (Å²) in [5, 5.41) is 6.33. The Morgan fingerprint density at radius 1 is 0.815 bits per heavy atom. The van der Waals surface area contributed by atoms with E-state index in [-0.39, 0.29) is 0 Å². The van der Waals surface area contributed by atoms with Crippen molar-refractivity contribution in [3.8, 4) is 5.75 Å². The van der Waals surface area contributed by atoms with Crippen molar-refractivity contribution in [2.75, 3.05) is 5.43 Å². The SMILES string of the molecule is Clc1ccc(COc2ccc(C=NNc3ccc(Cl)c(Cl)c3)cc2)c(Cl)c1. The summed E-state index contributed by atoms with van der Waals surface area (Å²) in [6.07, 6.45) is 1.70. The minimum absolute atomic E-state index is 0.363. The van der Waals surface area contributed by atoms with Crippen LogP contribution >= 0.6 is 46.4 Å². The summed E-state index contributed by atoms with van der Waals surface area (Å²) in [5.74, 6) is 0.732. The quantitative estimate of drug-likeness (QED) is 0.322. The number of rotatable bonds is 6. The second-order valence-corrected chi connectivity index (χ2v) is 7.25. The summed E-state index contributed by atoms with van der Waals surface area (Å²) < 4.78 is 5.75. The normalized spacial score (nSPS) is 11.0. The van der Waals surface area contributed by atoms with Gasteiger partial charge < -0.3 is 4.74 Å². The highest BCUT2D eigenvalue weighted by atomic mass is 35.5. The summed E-state index contributed by atoms with van der Waals surface area (Å²) in [4.78, 5) is 0. The molecule has 0 spiro atoms. The lowest BCUT2D eigenvalue weighted by atomic mass is 10.2. The summed E-state index contributed by atoms with van der Waals surface area (Å²) >= 11 is 23.9. The van der Waals surface area contributed by atoms with Crippen LogP contribution in [0.2, 0.25) is 20.1 Å². The largest absolute Gasteiger partial charge is 0.489 e. The molecule has 0 amide bonds. The fourth-order valence-electron chi connectivity index (χ4n) is 2.20. The average Bonchev–Trinajstić information content (AvgIpc) is 2.65. The molecule has 0 atom stereocenters. The number of halogens is 4. The van der Waals surface area contributed by atoms with Gasteiger partial charge in [-0.15, -0.1) is 0 Å². The van der Waals surface area contributed by atoms with E-state index >= 15 is 0 Å². The van der Waals surface area contributed by atoms with Crippen molar-refractivity contribution in [3.63, 3.8) is 0 Å². The second kappa shape index (κ2) is 9.34. The van der Waals surface area contributed by atoms with Crippen LogP contribution in [-0.2, 0) is 6.61 Å². The minimum Gasteiger partial charge on any atom is -0.489 e. The van der Waals surface area contributed by atoms with Crippen molar-refractivity contribution in [3.05, 3.63) is 91.9 Å². The predicted octanol–water partition coefficient (Wildman–Crippen LogP) is 7.33. The van der Waals surface area contributed by atoms with E-state index < -0.39 is 0 Å². The van der Waals surface area contributed by atoms with E-state index in [0.29, 0.717) is 26.7 Å². The zero-order valence-corrected chi connectivity index (χ0v) is 16.9. The molecule has 0 radical (unpaired) electrons. The van der Waals surface area contributed by atoms with Gasteiger partial charge in [0.2, 0.25) is 0 Å². The number of benzene rings is 3. The molecule has 0 saturated heterocycles. The van der Waals surface area contributed by atoms with Crippen LogP contribution in [0.4, 0.5) is 5.69 Å². The Bertz CT molecular complexity index is 959. The van der Waals surface area contributed by atoms with Gasteiger partial charge in [0, 0.05) is 15.6 Å². The van der Waals surface area contributed by atoms with Gasteiger partial charge in [-0.3, -0.25) is 5.43 Å². The first-order valence-corrected chi connectivity index (χ1v) is 9.43. The van der Waals surface area contributed by atoms with Gasteiger partial charge in [0.25, 0.3) is 0 Å². The van der Waals surface area contributed by atoms with E-state index in [1.54, 1.807) is 36.5 Å². The third kappa shape index (κ3) is 5.78. The van der Waals surface area contributed by atoms with Crippen LogP contribution in [-0.4, -0.2) is 6.21 Å². The van der Waals surface area contributed by atoms with Crippen LogP contribution in [0.3, 0.4) is 0 Å². The van der Waals surface area contributed by atoms with Gasteiger partial charge in [0.15, 0.2) is 0 Å². The van der Waals surface area contributed by atoms with Crippen LogP contribution in [0.15, 0.2) is 65.8 Å². The summed E-state index contributed by atoms with van der Waals surface area (Å²) in [7, 11) is 0. The molecule has 0 aromatic heterocycles. The molecule has 0 unspecified atom stereocenters. The third-order valence-corrected chi connectivity index (χ3v) is 4.94. The van der Waals surface area contributed by atoms with Crippen LogP contribution in [0.1, 0.15) is 11.1 Å². The molecule has 27 heavy (non-hydrogen) atoms. The fourth-order valence-corrected chi connectivity index (χ4v) is 2.96. The van der Waals surface area contributed by atoms with E-state index in [2.05, 4.69) is 10.5 Å².